The van der Waals surface area contributed by atoms with E-state index in [1.165, 1.54) is 18.7 Å². The summed E-state index contributed by atoms with van der Waals surface area (Å²) >= 11 is 9.44. The molecule has 30 heavy (non-hydrogen) atoms. The number of hydrogen-bond acceptors (Lipinski definition) is 6. The summed E-state index contributed by atoms with van der Waals surface area (Å²) in [7, 11) is 3.92. The quantitative estimate of drug-likeness (QED) is 0.454. The number of halogens is 1. The van der Waals surface area contributed by atoms with Crippen molar-refractivity contribution in [3.05, 3.63) is 53.1 Å². The first-order valence-electron chi connectivity index (χ1n) is 9.53. The van der Waals surface area contributed by atoms with Crippen molar-refractivity contribution in [2.75, 3.05) is 38.3 Å². The van der Waals surface area contributed by atoms with Gasteiger partial charge in [-0.25, -0.2) is 0 Å². The van der Waals surface area contributed by atoms with E-state index in [2.05, 4.69) is 0 Å². The van der Waals surface area contributed by atoms with E-state index in [0.29, 0.717) is 18.1 Å². The van der Waals surface area contributed by atoms with Gasteiger partial charge in [0, 0.05) is 34.8 Å². The average Bonchev–Trinajstić information content (AvgIpc) is 2.81. The van der Waals surface area contributed by atoms with Gasteiger partial charge in [-0.1, -0.05) is 23.7 Å². The molecule has 2 atom stereocenters. The zero-order chi connectivity index (χ0) is 21.8. The first-order chi connectivity index (χ1) is 14.3. The third kappa shape index (κ3) is 5.32. The van der Waals surface area contributed by atoms with E-state index in [-0.39, 0.29) is 11.2 Å². The molecule has 1 amide bonds. The van der Waals surface area contributed by atoms with Crippen LogP contribution in [0.4, 0.5) is 5.69 Å². The van der Waals surface area contributed by atoms with Crippen molar-refractivity contribution in [3.63, 3.8) is 0 Å². The number of likely N-dealkylation sites (N-methyl/N-ethyl adjacent to an activating group) is 1. The van der Waals surface area contributed by atoms with Gasteiger partial charge in [0.05, 0.1) is 10.9 Å². The molecule has 0 saturated carbocycles. The topological polar surface area (TPSA) is 49.9 Å². The van der Waals surface area contributed by atoms with E-state index in [9.17, 15) is 9.59 Å². The van der Waals surface area contributed by atoms with Gasteiger partial charge in [0.1, 0.15) is 0 Å². The fourth-order valence-corrected chi connectivity index (χ4v) is 5.27. The Labute approximate surface area is 191 Å². The van der Waals surface area contributed by atoms with Crippen LogP contribution in [0.25, 0.3) is 0 Å². The van der Waals surface area contributed by atoms with Crippen LogP contribution in [-0.2, 0) is 14.3 Å². The number of esters is 1. The fourth-order valence-electron chi connectivity index (χ4n) is 3.26. The summed E-state index contributed by atoms with van der Waals surface area (Å²) in [5.41, 5.74) is 1.72. The number of fused-ring (bicyclic) bond motifs is 1. The van der Waals surface area contributed by atoms with E-state index in [0.717, 1.165) is 21.0 Å². The Morgan fingerprint density at radius 3 is 2.53 bits per heavy atom. The van der Waals surface area contributed by atoms with Crippen LogP contribution in [0, 0.1) is 0 Å². The van der Waals surface area contributed by atoms with Crippen molar-refractivity contribution in [2.24, 2.45) is 0 Å². The third-order valence-electron chi connectivity index (χ3n) is 4.76. The van der Waals surface area contributed by atoms with Crippen molar-refractivity contribution in [3.8, 4) is 0 Å². The van der Waals surface area contributed by atoms with Crippen LogP contribution in [0.3, 0.4) is 0 Å². The molecule has 0 saturated heterocycles. The average molecular weight is 465 g/mol. The Kier molecular flexibility index (Phi) is 7.74. The van der Waals surface area contributed by atoms with Gasteiger partial charge in [0.2, 0.25) is 0 Å². The molecule has 0 spiro atoms. The van der Waals surface area contributed by atoms with E-state index in [1.807, 2.05) is 61.6 Å². The monoisotopic (exact) mass is 464 g/mol. The second-order valence-corrected chi connectivity index (χ2v) is 9.75. The van der Waals surface area contributed by atoms with Crippen molar-refractivity contribution in [1.29, 1.82) is 0 Å². The maximum absolute atomic E-state index is 13.6. The minimum absolute atomic E-state index is 0.223. The summed E-state index contributed by atoms with van der Waals surface area (Å²) in [6, 6.07) is 13.5. The number of nitrogens with zero attached hydrogens (tertiary/aromatic N) is 2. The first-order valence-corrected chi connectivity index (χ1v) is 12.0. The molecular formula is C22H25ClN2O3S2. The van der Waals surface area contributed by atoms with Crippen LogP contribution in [0.2, 0.25) is 5.02 Å². The standard InChI is InChI=1S/C22H25ClN2O3S2/c1-14(26)28-20-21(15-5-8-17(29-4)9-6-15)30-19-13-16(23)7-10-18(19)25(22(20)27)12-11-24(2)3/h5-10,13,20-21H,11-12H2,1-4H3/t20?,21-/m0/s1. The molecule has 2 aromatic rings. The Balaban J connectivity index is 2.09. The van der Waals surface area contributed by atoms with Gasteiger partial charge in [-0.05, 0) is 56.2 Å². The van der Waals surface area contributed by atoms with Gasteiger partial charge in [-0.3, -0.25) is 9.59 Å². The maximum atomic E-state index is 13.6. The van der Waals surface area contributed by atoms with E-state index in [4.69, 9.17) is 16.3 Å². The predicted molar refractivity (Wildman–Crippen MR) is 125 cm³/mol. The molecule has 1 aliphatic rings. The van der Waals surface area contributed by atoms with Crippen molar-refractivity contribution in [2.45, 2.75) is 28.1 Å². The summed E-state index contributed by atoms with van der Waals surface area (Å²) < 4.78 is 5.60. The molecule has 0 aromatic heterocycles. The summed E-state index contributed by atoms with van der Waals surface area (Å²) in [5.74, 6) is -0.698. The molecule has 0 aliphatic carbocycles. The summed E-state index contributed by atoms with van der Waals surface area (Å²) in [4.78, 5) is 31.3. The smallest absolute Gasteiger partial charge is 0.303 e. The molecular weight excluding hydrogens is 440 g/mol. The third-order valence-corrected chi connectivity index (χ3v) is 7.09. The lowest BCUT2D eigenvalue weighted by atomic mass is 10.1. The molecule has 2 aromatic carbocycles. The van der Waals surface area contributed by atoms with Crippen LogP contribution in [0.15, 0.2) is 52.3 Å². The van der Waals surface area contributed by atoms with Crippen molar-refractivity contribution in [1.82, 2.24) is 4.90 Å². The SMILES string of the molecule is CSc1ccc([C@@H]2Sc3cc(Cl)ccc3N(CCN(C)C)C(=O)C2OC(C)=O)cc1. The molecule has 1 aliphatic heterocycles. The van der Waals surface area contributed by atoms with Crippen LogP contribution < -0.4 is 4.90 Å². The number of ether oxygens (including phenoxy) is 1. The number of hydrogen-bond donors (Lipinski definition) is 0. The fraction of sp³-hybridized carbons (Fsp3) is 0.364. The molecule has 0 fully saturated rings. The number of carbonyl (C=O) groups is 2. The van der Waals surface area contributed by atoms with Crippen LogP contribution in [0.5, 0.6) is 0 Å². The molecule has 160 valence electrons. The highest BCUT2D eigenvalue weighted by molar-refractivity contribution is 7.99. The highest BCUT2D eigenvalue weighted by atomic mass is 35.5. The second kappa shape index (κ2) is 10.1. The van der Waals surface area contributed by atoms with Gasteiger partial charge in [-0.2, -0.15) is 0 Å². The number of benzene rings is 2. The summed E-state index contributed by atoms with van der Waals surface area (Å²) in [6.45, 7) is 2.50. The highest BCUT2D eigenvalue weighted by Gasteiger charge is 2.40. The molecule has 1 unspecified atom stereocenters. The van der Waals surface area contributed by atoms with Gasteiger partial charge < -0.3 is 14.5 Å². The second-order valence-electron chi connectivity index (χ2n) is 7.25. The molecule has 5 nitrogen and oxygen atoms in total. The summed E-state index contributed by atoms with van der Waals surface area (Å²) in [5, 5.41) is 0.225. The van der Waals surface area contributed by atoms with Crippen LogP contribution >= 0.6 is 35.1 Å². The number of thioether (sulfide) groups is 2. The predicted octanol–water partition coefficient (Wildman–Crippen LogP) is 4.74. The lowest BCUT2D eigenvalue weighted by Crippen LogP contribution is -2.45. The van der Waals surface area contributed by atoms with E-state index < -0.39 is 12.1 Å². The van der Waals surface area contributed by atoms with Crippen LogP contribution in [0.1, 0.15) is 17.7 Å². The number of rotatable bonds is 6. The highest BCUT2D eigenvalue weighted by Crippen LogP contribution is 2.47. The lowest BCUT2D eigenvalue weighted by Gasteiger charge is -2.28. The van der Waals surface area contributed by atoms with E-state index in [1.54, 1.807) is 22.7 Å². The molecule has 3 rings (SSSR count). The lowest BCUT2D eigenvalue weighted by molar-refractivity contribution is -0.152. The number of amides is 1. The number of anilines is 1. The van der Waals surface area contributed by atoms with Gasteiger partial charge >= 0.3 is 5.97 Å². The molecule has 0 N–H and O–H groups in total. The number of carbonyl (C=O) groups excluding carboxylic acids is 2. The van der Waals surface area contributed by atoms with Gasteiger partial charge in [0.25, 0.3) is 5.91 Å². The molecule has 0 radical (unpaired) electrons. The minimum Gasteiger partial charge on any atom is -0.451 e. The van der Waals surface area contributed by atoms with Crippen molar-refractivity contribution >= 4 is 52.7 Å². The molecule has 0 bridgehead atoms. The van der Waals surface area contributed by atoms with Gasteiger partial charge in [-0.15, -0.1) is 23.5 Å². The molecule has 1 heterocycles. The molecule has 8 heteroatoms. The Morgan fingerprint density at radius 2 is 1.93 bits per heavy atom. The van der Waals surface area contributed by atoms with Crippen LogP contribution in [-0.4, -0.2) is 56.3 Å². The Morgan fingerprint density at radius 1 is 1.23 bits per heavy atom. The van der Waals surface area contributed by atoms with Gasteiger partial charge in [0.15, 0.2) is 6.10 Å². The maximum Gasteiger partial charge on any atom is 0.303 e. The Bertz CT molecular complexity index is 921. The normalized spacial score (nSPS) is 18.9. The largest absolute Gasteiger partial charge is 0.451 e. The zero-order valence-electron chi connectivity index (χ0n) is 17.4. The minimum atomic E-state index is -0.930. The van der Waals surface area contributed by atoms with E-state index >= 15 is 0 Å². The van der Waals surface area contributed by atoms with Crippen molar-refractivity contribution < 1.29 is 14.3 Å². The summed E-state index contributed by atoms with van der Waals surface area (Å²) in [6.07, 6.45) is 1.09. The zero-order valence-corrected chi connectivity index (χ0v) is 19.8. The Hall–Kier alpha value is -1.67. The first kappa shape index (κ1) is 23.0.